The fourth-order valence-electron chi connectivity index (χ4n) is 3.02. The zero-order valence-electron chi connectivity index (χ0n) is 12.9. The summed E-state index contributed by atoms with van der Waals surface area (Å²) < 4.78 is 1.01. The van der Waals surface area contributed by atoms with E-state index in [1.54, 1.807) is 0 Å². The van der Waals surface area contributed by atoms with Crippen LogP contribution in [0.15, 0.2) is 4.47 Å². The first-order valence-corrected chi connectivity index (χ1v) is 8.72. The van der Waals surface area contributed by atoms with Crippen LogP contribution in [0.4, 0.5) is 5.82 Å². The summed E-state index contributed by atoms with van der Waals surface area (Å²) in [5.41, 5.74) is 1.05. The van der Waals surface area contributed by atoms with Gasteiger partial charge in [0.1, 0.15) is 11.6 Å². The predicted octanol–water partition coefficient (Wildman–Crippen LogP) is 5.05. The smallest absolute Gasteiger partial charge is 0.144 e. The Morgan fingerprint density at radius 1 is 1.25 bits per heavy atom. The topological polar surface area (TPSA) is 37.8 Å². The average molecular weight is 340 g/mol. The summed E-state index contributed by atoms with van der Waals surface area (Å²) in [5, 5.41) is 3.41. The number of halogens is 1. The van der Waals surface area contributed by atoms with Gasteiger partial charge in [-0.15, -0.1) is 0 Å². The third-order valence-electron chi connectivity index (χ3n) is 4.30. The Morgan fingerprint density at radius 2 is 2.05 bits per heavy atom. The lowest BCUT2D eigenvalue weighted by Gasteiger charge is -2.28. The molecule has 1 aromatic rings. The Hall–Kier alpha value is -0.640. The SMILES string of the molecule is CCCNc1nc(C2CCCC(CC)C2)nc(C)c1Br. The lowest BCUT2D eigenvalue weighted by atomic mass is 9.80. The number of anilines is 1. The van der Waals surface area contributed by atoms with E-state index in [9.17, 15) is 0 Å². The van der Waals surface area contributed by atoms with Crippen LogP contribution in [0.2, 0.25) is 0 Å². The summed E-state index contributed by atoms with van der Waals surface area (Å²) in [6, 6.07) is 0. The summed E-state index contributed by atoms with van der Waals surface area (Å²) in [4.78, 5) is 9.53. The van der Waals surface area contributed by atoms with Crippen LogP contribution < -0.4 is 5.32 Å². The summed E-state index contributed by atoms with van der Waals surface area (Å²) >= 11 is 3.61. The molecule has 1 aromatic heterocycles. The molecular weight excluding hydrogens is 314 g/mol. The maximum absolute atomic E-state index is 4.79. The van der Waals surface area contributed by atoms with E-state index >= 15 is 0 Å². The molecule has 112 valence electrons. The molecule has 1 N–H and O–H groups in total. The number of rotatable bonds is 5. The van der Waals surface area contributed by atoms with Gasteiger partial charge in [-0.25, -0.2) is 9.97 Å². The van der Waals surface area contributed by atoms with E-state index in [0.717, 1.165) is 40.7 Å². The molecule has 0 bridgehead atoms. The normalized spacial score (nSPS) is 22.8. The van der Waals surface area contributed by atoms with Gasteiger partial charge in [0.2, 0.25) is 0 Å². The molecule has 1 saturated carbocycles. The van der Waals surface area contributed by atoms with Crippen LogP contribution >= 0.6 is 15.9 Å². The van der Waals surface area contributed by atoms with Crippen molar-refractivity contribution in [3.8, 4) is 0 Å². The molecule has 1 heterocycles. The van der Waals surface area contributed by atoms with Crippen LogP contribution in [0.5, 0.6) is 0 Å². The molecule has 1 aliphatic carbocycles. The third-order valence-corrected chi connectivity index (χ3v) is 5.25. The van der Waals surface area contributed by atoms with E-state index in [1.165, 1.54) is 32.1 Å². The number of nitrogens with one attached hydrogen (secondary N) is 1. The van der Waals surface area contributed by atoms with Gasteiger partial charge >= 0.3 is 0 Å². The van der Waals surface area contributed by atoms with Gasteiger partial charge in [0, 0.05) is 12.5 Å². The van der Waals surface area contributed by atoms with Crippen molar-refractivity contribution in [1.82, 2.24) is 9.97 Å². The maximum atomic E-state index is 4.79. The van der Waals surface area contributed by atoms with E-state index in [-0.39, 0.29) is 0 Å². The quantitative estimate of drug-likeness (QED) is 0.815. The van der Waals surface area contributed by atoms with Gasteiger partial charge in [-0.3, -0.25) is 0 Å². The van der Waals surface area contributed by atoms with Crippen molar-refractivity contribution in [1.29, 1.82) is 0 Å². The summed E-state index contributed by atoms with van der Waals surface area (Å²) in [7, 11) is 0. The molecule has 4 heteroatoms. The fraction of sp³-hybridized carbons (Fsp3) is 0.750. The standard InChI is InChI=1S/C16H26BrN3/c1-4-9-18-16-14(17)11(3)19-15(20-16)13-8-6-7-12(5-2)10-13/h12-13H,4-10H2,1-3H3,(H,18,19,20). The highest BCUT2D eigenvalue weighted by Crippen LogP contribution is 2.37. The van der Waals surface area contributed by atoms with E-state index in [4.69, 9.17) is 9.97 Å². The Balaban J connectivity index is 2.20. The van der Waals surface area contributed by atoms with E-state index in [1.807, 2.05) is 0 Å². The molecule has 0 spiro atoms. The first kappa shape index (κ1) is 15.7. The van der Waals surface area contributed by atoms with Crippen molar-refractivity contribution in [3.05, 3.63) is 16.0 Å². The second kappa shape index (κ2) is 7.39. The molecule has 0 saturated heterocycles. The fourth-order valence-corrected chi connectivity index (χ4v) is 3.34. The highest BCUT2D eigenvalue weighted by Gasteiger charge is 2.25. The molecule has 2 rings (SSSR count). The minimum atomic E-state index is 0.544. The molecule has 1 fully saturated rings. The Labute approximate surface area is 131 Å². The molecule has 1 aliphatic rings. The highest BCUT2D eigenvalue weighted by atomic mass is 79.9. The summed E-state index contributed by atoms with van der Waals surface area (Å²) in [5.74, 6) is 3.41. The largest absolute Gasteiger partial charge is 0.369 e. The molecule has 2 atom stereocenters. The van der Waals surface area contributed by atoms with Crippen LogP contribution in [-0.4, -0.2) is 16.5 Å². The number of aryl methyl sites for hydroxylation is 1. The minimum absolute atomic E-state index is 0.544. The molecule has 0 aromatic carbocycles. The molecular formula is C16H26BrN3. The molecule has 3 nitrogen and oxygen atoms in total. The van der Waals surface area contributed by atoms with Crippen LogP contribution in [0.1, 0.15) is 69.8 Å². The van der Waals surface area contributed by atoms with Crippen LogP contribution in [-0.2, 0) is 0 Å². The lowest BCUT2D eigenvalue weighted by molar-refractivity contribution is 0.307. The molecule has 20 heavy (non-hydrogen) atoms. The van der Waals surface area contributed by atoms with E-state index < -0.39 is 0 Å². The van der Waals surface area contributed by atoms with Gasteiger partial charge < -0.3 is 5.32 Å². The van der Waals surface area contributed by atoms with Crippen molar-refractivity contribution in [2.24, 2.45) is 5.92 Å². The second-order valence-electron chi connectivity index (χ2n) is 5.89. The third kappa shape index (κ3) is 3.72. The van der Waals surface area contributed by atoms with Crippen LogP contribution in [0.3, 0.4) is 0 Å². The molecule has 0 amide bonds. The number of hydrogen-bond donors (Lipinski definition) is 1. The molecule has 2 unspecified atom stereocenters. The molecule has 0 aliphatic heterocycles. The van der Waals surface area contributed by atoms with Crippen molar-refractivity contribution in [3.63, 3.8) is 0 Å². The van der Waals surface area contributed by atoms with Crippen molar-refractivity contribution in [2.45, 2.75) is 65.2 Å². The number of hydrogen-bond acceptors (Lipinski definition) is 3. The Kier molecular flexibility index (Phi) is 5.82. The Morgan fingerprint density at radius 3 is 2.75 bits per heavy atom. The predicted molar refractivity (Wildman–Crippen MR) is 88.2 cm³/mol. The average Bonchev–Trinajstić information content (AvgIpc) is 2.48. The van der Waals surface area contributed by atoms with Gasteiger partial charge in [0.25, 0.3) is 0 Å². The zero-order valence-corrected chi connectivity index (χ0v) is 14.5. The zero-order chi connectivity index (χ0) is 14.5. The van der Waals surface area contributed by atoms with Crippen molar-refractivity contribution >= 4 is 21.7 Å². The van der Waals surface area contributed by atoms with Crippen LogP contribution in [0.25, 0.3) is 0 Å². The number of aromatic nitrogens is 2. The van der Waals surface area contributed by atoms with Gasteiger partial charge in [-0.2, -0.15) is 0 Å². The first-order valence-electron chi connectivity index (χ1n) is 7.93. The van der Waals surface area contributed by atoms with E-state index in [2.05, 4.69) is 42.0 Å². The monoisotopic (exact) mass is 339 g/mol. The Bertz CT molecular complexity index is 448. The van der Waals surface area contributed by atoms with Crippen molar-refractivity contribution in [2.75, 3.05) is 11.9 Å². The maximum Gasteiger partial charge on any atom is 0.144 e. The van der Waals surface area contributed by atoms with Gasteiger partial charge in [-0.05, 0) is 48.0 Å². The van der Waals surface area contributed by atoms with Gasteiger partial charge in [0.15, 0.2) is 0 Å². The lowest BCUT2D eigenvalue weighted by Crippen LogP contribution is -2.17. The first-order chi connectivity index (χ1) is 9.65. The summed E-state index contributed by atoms with van der Waals surface area (Å²) in [6.45, 7) is 7.49. The molecule has 0 radical (unpaired) electrons. The van der Waals surface area contributed by atoms with Crippen LogP contribution in [0, 0.1) is 12.8 Å². The highest BCUT2D eigenvalue weighted by molar-refractivity contribution is 9.10. The minimum Gasteiger partial charge on any atom is -0.369 e. The second-order valence-corrected chi connectivity index (χ2v) is 6.69. The summed E-state index contributed by atoms with van der Waals surface area (Å²) in [6.07, 6.45) is 7.58. The number of nitrogens with zero attached hydrogens (tertiary/aromatic N) is 2. The van der Waals surface area contributed by atoms with Gasteiger partial charge in [-0.1, -0.05) is 33.1 Å². The van der Waals surface area contributed by atoms with Gasteiger partial charge in [0.05, 0.1) is 10.2 Å². The van der Waals surface area contributed by atoms with Crippen molar-refractivity contribution < 1.29 is 0 Å². The van der Waals surface area contributed by atoms with E-state index in [0.29, 0.717) is 5.92 Å².